The lowest BCUT2D eigenvalue weighted by atomic mass is 10.1. The molecule has 4 heterocycles. The van der Waals surface area contributed by atoms with Gasteiger partial charge < -0.3 is 8.94 Å². The maximum atomic E-state index is 12.5. The minimum atomic E-state index is -0.803. The zero-order valence-corrected chi connectivity index (χ0v) is 17.8. The van der Waals surface area contributed by atoms with E-state index in [9.17, 15) is 14.4 Å². The Morgan fingerprint density at radius 1 is 1.15 bits per heavy atom. The number of hydrogen-bond donors (Lipinski definition) is 1. The maximum Gasteiger partial charge on any atom is 0.420 e. The highest BCUT2D eigenvalue weighted by atomic mass is 32.1. The van der Waals surface area contributed by atoms with Gasteiger partial charge in [-0.15, -0.1) is 11.3 Å². The van der Waals surface area contributed by atoms with E-state index in [0.717, 1.165) is 21.3 Å². The predicted octanol–water partition coefficient (Wildman–Crippen LogP) is 2.82. The fourth-order valence-corrected chi connectivity index (χ4v) is 4.69. The van der Waals surface area contributed by atoms with E-state index in [1.807, 2.05) is 18.2 Å². The Morgan fingerprint density at radius 3 is 2.94 bits per heavy atom. The molecule has 0 radical (unpaired) electrons. The zero-order valence-electron chi connectivity index (χ0n) is 17.0. The lowest BCUT2D eigenvalue weighted by Gasteiger charge is -2.21. The second-order valence-electron chi connectivity index (χ2n) is 7.73. The molecule has 5 aromatic rings. The van der Waals surface area contributed by atoms with Gasteiger partial charge in [-0.05, 0) is 42.3 Å². The van der Waals surface area contributed by atoms with E-state index in [1.54, 1.807) is 35.0 Å². The molecule has 0 saturated carbocycles. The molecule has 1 aliphatic rings. The Bertz CT molecular complexity index is 1610. The molecule has 3 aromatic heterocycles. The van der Waals surface area contributed by atoms with Crippen LogP contribution in [0.4, 0.5) is 0 Å². The van der Waals surface area contributed by atoms with E-state index in [1.165, 1.54) is 4.57 Å². The van der Waals surface area contributed by atoms with E-state index >= 15 is 0 Å². The molecular weight excluding hydrogens is 446 g/mol. The SMILES string of the molecule is O=C1CCC(n2c(=O)oc3ccc(Cc4nc(-c5ccc6scnc6c5)no4)cc32)C(=O)N1. The number of nitrogens with zero attached hydrogens (tertiary/aromatic N) is 4. The number of nitrogens with one attached hydrogen (secondary N) is 1. The molecule has 1 unspecified atom stereocenters. The molecule has 164 valence electrons. The second kappa shape index (κ2) is 7.48. The minimum Gasteiger partial charge on any atom is -0.408 e. The molecule has 33 heavy (non-hydrogen) atoms. The van der Waals surface area contributed by atoms with Crippen molar-refractivity contribution >= 4 is 44.5 Å². The van der Waals surface area contributed by atoms with Gasteiger partial charge >= 0.3 is 5.76 Å². The van der Waals surface area contributed by atoms with E-state index < -0.39 is 17.7 Å². The summed E-state index contributed by atoms with van der Waals surface area (Å²) in [7, 11) is 0. The molecule has 2 aromatic carbocycles. The van der Waals surface area contributed by atoms with Gasteiger partial charge in [-0.1, -0.05) is 11.2 Å². The Kier molecular flexibility index (Phi) is 4.44. The van der Waals surface area contributed by atoms with Crippen LogP contribution in [0.15, 0.2) is 55.6 Å². The van der Waals surface area contributed by atoms with Gasteiger partial charge in [0, 0.05) is 12.0 Å². The first kappa shape index (κ1) is 19.6. The van der Waals surface area contributed by atoms with Crippen molar-refractivity contribution in [3.05, 3.63) is 63.9 Å². The molecule has 1 saturated heterocycles. The van der Waals surface area contributed by atoms with Crippen LogP contribution in [-0.2, 0) is 16.0 Å². The number of carbonyl (C=O) groups excluding carboxylic acids is 2. The highest BCUT2D eigenvalue weighted by molar-refractivity contribution is 7.16. The molecule has 11 heteroatoms. The molecule has 0 spiro atoms. The third-order valence-corrected chi connectivity index (χ3v) is 6.42. The monoisotopic (exact) mass is 461 g/mol. The Labute approximate surface area is 188 Å². The summed E-state index contributed by atoms with van der Waals surface area (Å²) in [6.07, 6.45) is 0.725. The number of thiazole rings is 1. The van der Waals surface area contributed by atoms with E-state index in [0.29, 0.717) is 29.2 Å². The van der Waals surface area contributed by atoms with Crippen molar-refractivity contribution in [2.45, 2.75) is 25.3 Å². The van der Waals surface area contributed by atoms with Crippen LogP contribution in [0, 0.1) is 0 Å². The van der Waals surface area contributed by atoms with Crippen molar-refractivity contribution in [2.75, 3.05) is 0 Å². The molecular formula is C22H15N5O5S. The first-order valence-corrected chi connectivity index (χ1v) is 11.1. The van der Waals surface area contributed by atoms with Gasteiger partial charge in [0.2, 0.25) is 23.5 Å². The topological polar surface area (TPSA) is 133 Å². The number of benzene rings is 2. The molecule has 2 amide bonds. The predicted molar refractivity (Wildman–Crippen MR) is 118 cm³/mol. The summed E-state index contributed by atoms with van der Waals surface area (Å²) < 4.78 is 13.1. The van der Waals surface area contributed by atoms with Gasteiger partial charge in [-0.25, -0.2) is 9.78 Å². The minimum absolute atomic E-state index is 0.159. The number of piperidine rings is 1. The lowest BCUT2D eigenvalue weighted by Crippen LogP contribution is -2.43. The van der Waals surface area contributed by atoms with Crippen molar-refractivity contribution in [1.29, 1.82) is 0 Å². The lowest BCUT2D eigenvalue weighted by molar-refractivity contribution is -0.135. The van der Waals surface area contributed by atoms with Crippen molar-refractivity contribution in [1.82, 2.24) is 25.0 Å². The first-order chi connectivity index (χ1) is 16.0. The number of aromatic nitrogens is 4. The molecule has 1 atom stereocenters. The van der Waals surface area contributed by atoms with Gasteiger partial charge in [-0.2, -0.15) is 4.98 Å². The quantitative estimate of drug-likeness (QED) is 0.404. The standard InChI is InChI=1S/C22H15N5O5S/c28-18-6-3-14(21(29)24-18)27-15-7-11(1-4-16(15)31-22(27)30)8-19-25-20(26-32-19)12-2-5-17-13(9-12)23-10-33-17/h1-2,4-5,7,9-10,14H,3,6,8H2,(H,24,28,29). The number of oxazole rings is 1. The highest BCUT2D eigenvalue weighted by Gasteiger charge is 2.31. The van der Waals surface area contributed by atoms with Crippen molar-refractivity contribution in [3.8, 4) is 11.4 Å². The third kappa shape index (κ3) is 3.42. The maximum absolute atomic E-state index is 12.5. The third-order valence-electron chi connectivity index (χ3n) is 5.61. The number of fused-ring (bicyclic) bond motifs is 2. The van der Waals surface area contributed by atoms with Gasteiger partial charge in [0.25, 0.3) is 0 Å². The summed E-state index contributed by atoms with van der Waals surface area (Å²) in [5.41, 5.74) is 5.10. The Hall–Kier alpha value is -4.12. The van der Waals surface area contributed by atoms with Gasteiger partial charge in [0.05, 0.1) is 27.7 Å². The fraction of sp³-hybridized carbons (Fsp3) is 0.182. The number of rotatable bonds is 4. The number of imide groups is 1. The van der Waals surface area contributed by atoms with Crippen LogP contribution in [0.25, 0.3) is 32.7 Å². The molecule has 0 bridgehead atoms. The highest BCUT2D eigenvalue weighted by Crippen LogP contribution is 2.26. The largest absolute Gasteiger partial charge is 0.420 e. The van der Waals surface area contributed by atoms with Crippen LogP contribution in [-0.4, -0.2) is 31.5 Å². The fourth-order valence-electron chi connectivity index (χ4n) is 4.03. The summed E-state index contributed by atoms with van der Waals surface area (Å²) in [4.78, 5) is 45.0. The van der Waals surface area contributed by atoms with Crippen LogP contribution < -0.4 is 11.1 Å². The van der Waals surface area contributed by atoms with Crippen molar-refractivity contribution in [2.24, 2.45) is 0 Å². The van der Waals surface area contributed by atoms with E-state index in [2.05, 4.69) is 20.4 Å². The molecule has 1 aliphatic heterocycles. The normalized spacial score (nSPS) is 16.5. The molecule has 0 aliphatic carbocycles. The van der Waals surface area contributed by atoms with E-state index in [-0.39, 0.29) is 18.7 Å². The summed E-state index contributed by atoms with van der Waals surface area (Å²) in [6, 6.07) is 10.2. The van der Waals surface area contributed by atoms with Crippen LogP contribution in [0.1, 0.15) is 30.3 Å². The zero-order chi connectivity index (χ0) is 22.5. The number of carbonyl (C=O) groups is 2. The Morgan fingerprint density at radius 2 is 2.06 bits per heavy atom. The van der Waals surface area contributed by atoms with Gasteiger partial charge in [0.15, 0.2) is 5.58 Å². The van der Waals surface area contributed by atoms with Crippen LogP contribution >= 0.6 is 11.3 Å². The van der Waals surface area contributed by atoms with Gasteiger partial charge in [0.1, 0.15) is 6.04 Å². The summed E-state index contributed by atoms with van der Waals surface area (Å²) in [5.74, 6) is -0.640. The van der Waals surface area contributed by atoms with Crippen LogP contribution in [0.5, 0.6) is 0 Å². The summed E-state index contributed by atoms with van der Waals surface area (Å²) in [5, 5.41) is 6.35. The average Bonchev–Trinajstić information content (AvgIpc) is 3.52. The Balaban J connectivity index is 1.31. The van der Waals surface area contributed by atoms with Crippen LogP contribution in [0.2, 0.25) is 0 Å². The molecule has 1 N–H and O–H groups in total. The molecule has 10 nitrogen and oxygen atoms in total. The molecule has 1 fully saturated rings. The van der Waals surface area contributed by atoms with E-state index in [4.69, 9.17) is 8.94 Å². The molecule has 6 rings (SSSR count). The number of hydrogen-bond acceptors (Lipinski definition) is 9. The summed E-state index contributed by atoms with van der Waals surface area (Å²) in [6.45, 7) is 0. The number of amides is 2. The average molecular weight is 461 g/mol. The van der Waals surface area contributed by atoms with Crippen LogP contribution in [0.3, 0.4) is 0 Å². The first-order valence-electron chi connectivity index (χ1n) is 10.2. The smallest absolute Gasteiger partial charge is 0.408 e. The summed E-state index contributed by atoms with van der Waals surface area (Å²) >= 11 is 1.56. The van der Waals surface area contributed by atoms with Crippen molar-refractivity contribution < 1.29 is 18.5 Å². The van der Waals surface area contributed by atoms with Gasteiger partial charge in [-0.3, -0.25) is 19.5 Å². The second-order valence-corrected chi connectivity index (χ2v) is 8.62. The van der Waals surface area contributed by atoms with Crippen molar-refractivity contribution in [3.63, 3.8) is 0 Å².